The summed E-state index contributed by atoms with van der Waals surface area (Å²) in [6.45, 7) is 0.676. The molecule has 28 heavy (non-hydrogen) atoms. The number of aromatic nitrogens is 1. The number of carbonyl (C=O) groups excluding carboxylic acids is 2. The predicted octanol–water partition coefficient (Wildman–Crippen LogP) is 3.49. The Hall–Kier alpha value is -2.58. The molecule has 1 saturated heterocycles. The smallest absolute Gasteiger partial charge is 0.264 e. The van der Waals surface area contributed by atoms with Gasteiger partial charge in [0.2, 0.25) is 0 Å². The van der Waals surface area contributed by atoms with E-state index in [1.54, 1.807) is 6.20 Å². The Kier molecular flexibility index (Phi) is 4.44. The van der Waals surface area contributed by atoms with Gasteiger partial charge in [0.05, 0.1) is 23.6 Å². The second kappa shape index (κ2) is 7.10. The number of aliphatic imine (C=N–C) groups is 2. The van der Waals surface area contributed by atoms with E-state index in [0.717, 1.165) is 39.5 Å². The molecule has 0 unspecified atom stereocenters. The highest BCUT2D eigenvalue weighted by Crippen LogP contribution is 2.33. The fraction of sp³-hybridized carbons (Fsp3) is 0.250. The first-order valence-electron chi connectivity index (χ1n) is 9.04. The molecule has 2 fully saturated rings. The molecule has 0 spiro atoms. The van der Waals surface area contributed by atoms with Crippen molar-refractivity contribution >= 4 is 57.9 Å². The first kappa shape index (κ1) is 17.5. The number of ketones is 1. The second-order valence-electron chi connectivity index (χ2n) is 6.91. The summed E-state index contributed by atoms with van der Waals surface area (Å²) in [5, 5.41) is 4.17. The molecular weight excluding hydrogens is 392 g/mol. The second-order valence-corrected chi connectivity index (χ2v) is 9.09. The monoisotopic (exact) mass is 408 g/mol. The zero-order valence-corrected chi connectivity index (χ0v) is 16.5. The van der Waals surface area contributed by atoms with Crippen molar-refractivity contribution in [2.45, 2.75) is 25.8 Å². The Labute approximate surface area is 169 Å². The topological polar surface area (TPSA) is 83.8 Å². The Morgan fingerprint density at radius 2 is 2.25 bits per heavy atom. The van der Waals surface area contributed by atoms with Gasteiger partial charge in [-0.25, -0.2) is 9.98 Å². The molecule has 3 heterocycles. The molecule has 5 rings (SSSR count). The van der Waals surface area contributed by atoms with Gasteiger partial charge in [-0.15, -0.1) is 11.3 Å². The standard InChI is InChI=1S/C20H16N4O2S2/c25-16(11-1-2-11)7-18-22-10-15(27-18)6-17-19(26)24-20(28-17)23-14-4-3-12-8-21-9-13(12)5-14/h3-6,8,10-11H,1-2,7,9H2,(H,23,24,26)/b17-6-. The van der Waals surface area contributed by atoms with Crippen LogP contribution in [0, 0.1) is 5.92 Å². The van der Waals surface area contributed by atoms with Gasteiger partial charge in [-0.2, -0.15) is 0 Å². The molecule has 0 radical (unpaired) electrons. The molecule has 1 N–H and O–H groups in total. The molecule has 6 nitrogen and oxygen atoms in total. The molecule has 2 aromatic rings. The average Bonchev–Trinajstić information content (AvgIpc) is 3.12. The minimum absolute atomic E-state index is 0.169. The maximum absolute atomic E-state index is 12.3. The van der Waals surface area contributed by atoms with Crippen molar-refractivity contribution in [1.29, 1.82) is 0 Å². The van der Waals surface area contributed by atoms with Crippen LogP contribution in [0.1, 0.15) is 33.9 Å². The van der Waals surface area contributed by atoms with Crippen molar-refractivity contribution in [3.63, 3.8) is 0 Å². The van der Waals surface area contributed by atoms with E-state index in [4.69, 9.17) is 0 Å². The number of thioether (sulfide) groups is 1. The van der Waals surface area contributed by atoms with Crippen LogP contribution in [-0.2, 0) is 22.6 Å². The molecule has 2 aliphatic heterocycles. The molecule has 0 atom stereocenters. The first-order chi connectivity index (χ1) is 13.6. The first-order valence-corrected chi connectivity index (χ1v) is 10.7. The Balaban J connectivity index is 1.29. The molecule has 8 heteroatoms. The van der Waals surface area contributed by atoms with E-state index >= 15 is 0 Å². The van der Waals surface area contributed by atoms with E-state index in [9.17, 15) is 9.59 Å². The third kappa shape index (κ3) is 3.70. The van der Waals surface area contributed by atoms with Crippen LogP contribution in [0.15, 0.2) is 39.3 Å². The quantitative estimate of drug-likeness (QED) is 0.768. The lowest BCUT2D eigenvalue weighted by molar-refractivity contribution is -0.119. The number of nitrogens with one attached hydrogen (secondary N) is 1. The van der Waals surface area contributed by atoms with Gasteiger partial charge >= 0.3 is 0 Å². The van der Waals surface area contributed by atoms with Crippen molar-refractivity contribution in [1.82, 2.24) is 10.3 Å². The normalized spacial score (nSPS) is 20.8. The predicted molar refractivity (Wildman–Crippen MR) is 112 cm³/mol. The van der Waals surface area contributed by atoms with Crippen molar-refractivity contribution in [2.24, 2.45) is 15.9 Å². The highest BCUT2D eigenvalue weighted by molar-refractivity contribution is 8.18. The number of benzene rings is 1. The summed E-state index contributed by atoms with van der Waals surface area (Å²) in [7, 11) is 0. The van der Waals surface area contributed by atoms with Gasteiger partial charge in [0.1, 0.15) is 10.8 Å². The van der Waals surface area contributed by atoms with Crippen molar-refractivity contribution in [3.8, 4) is 0 Å². The lowest BCUT2D eigenvalue weighted by Gasteiger charge is -2.00. The summed E-state index contributed by atoms with van der Waals surface area (Å²) in [6.07, 6.45) is 7.81. The van der Waals surface area contributed by atoms with E-state index in [-0.39, 0.29) is 17.6 Å². The van der Waals surface area contributed by atoms with Crippen LogP contribution < -0.4 is 5.32 Å². The summed E-state index contributed by atoms with van der Waals surface area (Å²) in [6, 6.07) is 5.91. The number of amidine groups is 1. The molecular formula is C20H16N4O2S2. The fourth-order valence-electron chi connectivity index (χ4n) is 3.07. The largest absolute Gasteiger partial charge is 0.300 e. The molecule has 0 bridgehead atoms. The Morgan fingerprint density at radius 1 is 1.36 bits per heavy atom. The summed E-state index contributed by atoms with van der Waals surface area (Å²) < 4.78 is 0. The van der Waals surface area contributed by atoms with Crippen LogP contribution in [-0.4, -0.2) is 28.1 Å². The van der Waals surface area contributed by atoms with E-state index < -0.39 is 0 Å². The Bertz CT molecular complexity index is 1080. The van der Waals surface area contributed by atoms with Gasteiger partial charge in [-0.3, -0.25) is 14.6 Å². The Morgan fingerprint density at radius 3 is 3.11 bits per heavy atom. The summed E-state index contributed by atoms with van der Waals surface area (Å²) in [5.41, 5.74) is 3.06. The lowest BCUT2D eigenvalue weighted by Crippen LogP contribution is -2.19. The molecule has 1 saturated carbocycles. The van der Waals surface area contributed by atoms with E-state index in [2.05, 4.69) is 20.3 Å². The maximum atomic E-state index is 12.3. The summed E-state index contributed by atoms with van der Waals surface area (Å²) in [4.78, 5) is 38.8. The van der Waals surface area contributed by atoms with E-state index in [0.29, 0.717) is 23.0 Å². The number of carbonyl (C=O) groups is 2. The van der Waals surface area contributed by atoms with Crippen LogP contribution in [0.3, 0.4) is 0 Å². The van der Waals surface area contributed by atoms with Gasteiger partial charge < -0.3 is 5.32 Å². The van der Waals surface area contributed by atoms with Gasteiger partial charge in [-0.1, -0.05) is 6.07 Å². The minimum Gasteiger partial charge on any atom is -0.300 e. The molecule has 1 aromatic heterocycles. The molecule has 3 aliphatic rings. The zero-order valence-electron chi connectivity index (χ0n) is 14.8. The number of hydrogen-bond donors (Lipinski definition) is 1. The number of fused-ring (bicyclic) bond motifs is 1. The number of Topliss-reactive ketones (excluding diaryl/α,β-unsaturated/α-hetero) is 1. The van der Waals surface area contributed by atoms with Crippen molar-refractivity contribution < 1.29 is 9.59 Å². The third-order valence-corrected chi connectivity index (χ3v) is 6.56. The number of rotatable bonds is 5. The van der Waals surface area contributed by atoms with Gasteiger partial charge in [0.25, 0.3) is 5.91 Å². The lowest BCUT2D eigenvalue weighted by atomic mass is 10.1. The molecule has 1 aliphatic carbocycles. The third-order valence-electron chi connectivity index (χ3n) is 4.70. The van der Waals surface area contributed by atoms with Gasteiger partial charge in [-0.05, 0) is 53.9 Å². The van der Waals surface area contributed by atoms with Crippen molar-refractivity contribution in [2.75, 3.05) is 0 Å². The summed E-state index contributed by atoms with van der Waals surface area (Å²) >= 11 is 2.77. The number of amides is 1. The van der Waals surface area contributed by atoms with Crippen LogP contribution in [0.5, 0.6) is 0 Å². The maximum Gasteiger partial charge on any atom is 0.264 e. The van der Waals surface area contributed by atoms with Crippen LogP contribution in [0.4, 0.5) is 5.69 Å². The number of thiazole rings is 1. The summed E-state index contributed by atoms with van der Waals surface area (Å²) in [5.74, 6) is 0.347. The zero-order chi connectivity index (χ0) is 19.1. The molecule has 1 amide bonds. The van der Waals surface area contributed by atoms with Crippen LogP contribution in [0.25, 0.3) is 6.08 Å². The molecule has 1 aromatic carbocycles. The molecule has 140 valence electrons. The van der Waals surface area contributed by atoms with Crippen LogP contribution >= 0.6 is 23.1 Å². The average molecular weight is 409 g/mol. The van der Waals surface area contributed by atoms with Gasteiger partial charge in [0.15, 0.2) is 5.17 Å². The highest BCUT2D eigenvalue weighted by atomic mass is 32.2. The number of nitrogens with zero attached hydrogens (tertiary/aromatic N) is 3. The highest BCUT2D eigenvalue weighted by Gasteiger charge is 2.30. The van der Waals surface area contributed by atoms with Crippen molar-refractivity contribution in [3.05, 3.63) is 50.3 Å². The fourth-order valence-corrected chi connectivity index (χ4v) is 4.85. The van der Waals surface area contributed by atoms with E-state index in [1.165, 1.54) is 23.1 Å². The number of hydrogen-bond acceptors (Lipinski definition) is 7. The van der Waals surface area contributed by atoms with E-state index in [1.807, 2.05) is 30.5 Å². The SMILES string of the molecule is O=C1NC(=Nc2ccc3c(c2)CN=C3)S/C1=C\c1cnc(CC(=O)C2CC2)s1. The van der Waals surface area contributed by atoms with Gasteiger partial charge in [0, 0.05) is 23.2 Å². The van der Waals surface area contributed by atoms with Crippen LogP contribution in [0.2, 0.25) is 0 Å². The minimum atomic E-state index is -0.169.